The molecular formula is C14H14BN3O4. The Kier molecular flexibility index (Phi) is 3.05. The molecule has 2 heterocycles. The minimum absolute atomic E-state index is 0.122. The van der Waals surface area contributed by atoms with Gasteiger partial charge in [0.25, 0.3) is 11.8 Å². The van der Waals surface area contributed by atoms with Gasteiger partial charge in [-0.2, -0.15) is 0 Å². The Morgan fingerprint density at radius 1 is 1.18 bits per heavy atom. The summed E-state index contributed by atoms with van der Waals surface area (Å²) in [6, 6.07) is 4.63. The summed E-state index contributed by atoms with van der Waals surface area (Å²) in [7, 11) is 1.50. The van der Waals surface area contributed by atoms with Crippen molar-refractivity contribution >= 4 is 37.2 Å². The van der Waals surface area contributed by atoms with Crippen LogP contribution in [0.1, 0.15) is 40.0 Å². The number of nitrogens with two attached hydrogens (primary N) is 1. The summed E-state index contributed by atoms with van der Waals surface area (Å²) in [5.41, 5.74) is 4.91. The molecule has 0 saturated carbocycles. The van der Waals surface area contributed by atoms with E-state index in [9.17, 15) is 19.2 Å². The van der Waals surface area contributed by atoms with Gasteiger partial charge in [-0.25, -0.2) is 0 Å². The molecule has 3 rings (SSSR count). The van der Waals surface area contributed by atoms with Crippen molar-refractivity contribution in [2.24, 2.45) is 0 Å². The molecule has 8 heteroatoms. The smallest absolute Gasteiger partial charge is 0.263 e. The number of carbonyl (C=O) groups excluding carboxylic acids is 4. The van der Waals surface area contributed by atoms with Crippen LogP contribution in [0.5, 0.6) is 0 Å². The van der Waals surface area contributed by atoms with Crippen molar-refractivity contribution in [2.75, 3.05) is 5.73 Å². The van der Waals surface area contributed by atoms with Crippen molar-refractivity contribution in [3.05, 3.63) is 29.3 Å². The number of amides is 4. The predicted molar refractivity (Wildman–Crippen MR) is 79.6 cm³/mol. The summed E-state index contributed by atoms with van der Waals surface area (Å²) in [4.78, 5) is 50.0. The molecule has 2 aliphatic heterocycles. The van der Waals surface area contributed by atoms with Gasteiger partial charge in [0.05, 0.1) is 16.6 Å². The van der Waals surface area contributed by atoms with Crippen LogP contribution in [-0.4, -0.2) is 41.8 Å². The van der Waals surface area contributed by atoms with Crippen LogP contribution >= 0.6 is 0 Å². The van der Waals surface area contributed by atoms with Gasteiger partial charge in [0.2, 0.25) is 11.8 Å². The van der Waals surface area contributed by atoms with E-state index in [0.29, 0.717) is 6.42 Å². The Morgan fingerprint density at radius 3 is 2.59 bits per heavy atom. The molecule has 0 spiro atoms. The average Bonchev–Trinajstić information content (AvgIpc) is 2.63. The van der Waals surface area contributed by atoms with Gasteiger partial charge in [-0.1, -0.05) is 6.07 Å². The molecule has 22 heavy (non-hydrogen) atoms. The van der Waals surface area contributed by atoms with Gasteiger partial charge in [0.1, 0.15) is 7.85 Å². The molecule has 1 aromatic carbocycles. The molecule has 112 valence electrons. The molecule has 3 N–H and O–H groups in total. The van der Waals surface area contributed by atoms with Crippen molar-refractivity contribution < 1.29 is 19.2 Å². The maximum absolute atomic E-state index is 12.6. The van der Waals surface area contributed by atoms with Crippen LogP contribution in [0.25, 0.3) is 0 Å². The summed E-state index contributed by atoms with van der Waals surface area (Å²) in [6.07, 6.45) is 0.833. The van der Waals surface area contributed by atoms with Gasteiger partial charge in [-0.05, 0) is 25.0 Å². The molecule has 1 fully saturated rings. The quantitative estimate of drug-likeness (QED) is 0.393. The fourth-order valence-electron chi connectivity index (χ4n) is 3.00. The number of imide groups is 2. The molecule has 1 aromatic rings. The summed E-state index contributed by atoms with van der Waals surface area (Å²) in [5.74, 6) is -2.18. The Morgan fingerprint density at radius 2 is 1.91 bits per heavy atom. The lowest BCUT2D eigenvalue weighted by Crippen LogP contribution is -2.61. The normalized spacial score (nSPS) is 25.0. The topological polar surface area (TPSA) is 110 Å². The molecule has 1 saturated heterocycles. The zero-order chi connectivity index (χ0) is 16.1. The summed E-state index contributed by atoms with van der Waals surface area (Å²) < 4.78 is 0. The zero-order valence-corrected chi connectivity index (χ0v) is 12.0. The van der Waals surface area contributed by atoms with Crippen molar-refractivity contribution in [1.29, 1.82) is 0 Å². The van der Waals surface area contributed by atoms with Crippen molar-refractivity contribution in [3.63, 3.8) is 0 Å². The molecule has 0 aromatic heterocycles. The highest BCUT2D eigenvalue weighted by atomic mass is 16.2. The van der Waals surface area contributed by atoms with E-state index in [4.69, 9.17) is 5.73 Å². The summed E-state index contributed by atoms with van der Waals surface area (Å²) >= 11 is 0. The van der Waals surface area contributed by atoms with Crippen molar-refractivity contribution in [3.8, 4) is 0 Å². The number of hydrogen-bond acceptors (Lipinski definition) is 5. The Bertz CT molecular complexity index is 733. The number of carbonyl (C=O) groups is 4. The largest absolute Gasteiger partial charge is 0.398 e. The van der Waals surface area contributed by atoms with E-state index in [-0.39, 0.29) is 29.7 Å². The maximum Gasteiger partial charge on any atom is 0.263 e. The monoisotopic (exact) mass is 299 g/mol. The maximum atomic E-state index is 12.6. The highest BCUT2D eigenvalue weighted by Gasteiger charge is 2.51. The highest BCUT2D eigenvalue weighted by molar-refractivity contribution is 6.37. The van der Waals surface area contributed by atoms with Crippen LogP contribution in [0.2, 0.25) is 0 Å². The Balaban J connectivity index is 2.08. The molecule has 0 aliphatic carbocycles. The van der Waals surface area contributed by atoms with Gasteiger partial charge in [-0.15, -0.1) is 0 Å². The van der Waals surface area contributed by atoms with E-state index in [1.165, 1.54) is 20.0 Å². The second-order valence-corrected chi connectivity index (χ2v) is 5.72. The SMILES string of the molecule is BC1(N2C(=O)c3cccc(N)c3C2=O)CCCC(=O)NC1=O. The molecular weight excluding hydrogens is 285 g/mol. The molecule has 1 unspecified atom stereocenters. The Labute approximate surface area is 127 Å². The van der Waals surface area contributed by atoms with Gasteiger partial charge < -0.3 is 5.73 Å². The van der Waals surface area contributed by atoms with E-state index < -0.39 is 29.1 Å². The van der Waals surface area contributed by atoms with E-state index in [2.05, 4.69) is 5.32 Å². The van der Waals surface area contributed by atoms with Crippen LogP contribution in [0.15, 0.2) is 18.2 Å². The van der Waals surface area contributed by atoms with Crippen LogP contribution in [0, 0.1) is 0 Å². The minimum Gasteiger partial charge on any atom is -0.398 e. The fourth-order valence-corrected chi connectivity index (χ4v) is 3.00. The molecule has 7 nitrogen and oxygen atoms in total. The van der Waals surface area contributed by atoms with E-state index >= 15 is 0 Å². The number of nitrogens with zero attached hydrogens (tertiary/aromatic N) is 1. The number of fused-ring (bicyclic) bond motifs is 1. The lowest BCUT2D eigenvalue weighted by Gasteiger charge is -2.34. The van der Waals surface area contributed by atoms with E-state index in [0.717, 1.165) is 4.90 Å². The second-order valence-electron chi connectivity index (χ2n) is 5.72. The van der Waals surface area contributed by atoms with Crippen LogP contribution in [0.4, 0.5) is 5.69 Å². The number of benzene rings is 1. The van der Waals surface area contributed by atoms with E-state index in [1.807, 2.05) is 0 Å². The van der Waals surface area contributed by atoms with Gasteiger partial charge in [0, 0.05) is 12.1 Å². The third kappa shape index (κ3) is 1.83. The number of rotatable bonds is 1. The first kappa shape index (κ1) is 14.3. The molecule has 2 aliphatic rings. The molecule has 0 bridgehead atoms. The van der Waals surface area contributed by atoms with E-state index in [1.54, 1.807) is 6.07 Å². The Hall–Kier alpha value is -2.64. The number of hydrogen-bond donors (Lipinski definition) is 2. The van der Waals surface area contributed by atoms with Crippen LogP contribution < -0.4 is 11.1 Å². The van der Waals surface area contributed by atoms with Gasteiger partial charge in [-0.3, -0.25) is 29.4 Å². The predicted octanol–water partition coefficient (Wildman–Crippen LogP) is -0.979. The van der Waals surface area contributed by atoms with Crippen molar-refractivity contribution in [1.82, 2.24) is 10.2 Å². The number of nitrogens with one attached hydrogen (secondary N) is 1. The van der Waals surface area contributed by atoms with Crippen molar-refractivity contribution in [2.45, 2.75) is 24.7 Å². The van der Waals surface area contributed by atoms with Gasteiger partial charge in [0.15, 0.2) is 0 Å². The molecule has 1 atom stereocenters. The first-order valence-electron chi connectivity index (χ1n) is 6.98. The molecule has 0 radical (unpaired) electrons. The van der Waals surface area contributed by atoms with Crippen LogP contribution in [0.3, 0.4) is 0 Å². The fraction of sp³-hybridized carbons (Fsp3) is 0.286. The summed E-state index contributed by atoms with van der Waals surface area (Å²) in [5, 5.41) is 2.24. The third-order valence-corrected chi connectivity index (χ3v) is 4.25. The van der Waals surface area contributed by atoms with Crippen LogP contribution in [-0.2, 0) is 9.59 Å². The minimum atomic E-state index is -1.40. The first-order chi connectivity index (χ1) is 10.4. The number of nitrogen functional groups attached to an aromatic ring is 1. The lowest BCUT2D eigenvalue weighted by atomic mass is 9.72. The average molecular weight is 299 g/mol. The number of anilines is 1. The third-order valence-electron chi connectivity index (χ3n) is 4.25. The highest BCUT2D eigenvalue weighted by Crippen LogP contribution is 2.34. The zero-order valence-electron chi connectivity index (χ0n) is 12.0. The first-order valence-corrected chi connectivity index (χ1v) is 6.98. The molecule has 4 amide bonds. The second kappa shape index (κ2) is 4.69. The lowest BCUT2D eigenvalue weighted by molar-refractivity contribution is -0.132. The summed E-state index contributed by atoms with van der Waals surface area (Å²) in [6.45, 7) is 0. The van der Waals surface area contributed by atoms with Gasteiger partial charge >= 0.3 is 0 Å². The standard InChI is InChI=1S/C14H14BN3O4/c15-14(6-2-5-9(19)17-13(14)22)18-11(20)7-3-1-4-8(16)10(7)12(18)21/h1,3-4H,2,5-6,15-16H2,(H,17,19,22).